The van der Waals surface area contributed by atoms with E-state index in [1.165, 1.54) is 50.5 Å². The van der Waals surface area contributed by atoms with Crippen molar-refractivity contribution in [1.82, 2.24) is 10.2 Å². The molecule has 30 heavy (non-hydrogen) atoms. The largest absolute Gasteiger partial charge is 0.393 e. The van der Waals surface area contributed by atoms with Crippen LogP contribution in [0.5, 0.6) is 0 Å². The van der Waals surface area contributed by atoms with Gasteiger partial charge in [-0.1, -0.05) is 32.4 Å². The summed E-state index contributed by atoms with van der Waals surface area (Å²) in [7, 11) is 0. The van der Waals surface area contributed by atoms with Gasteiger partial charge in [-0.05, 0) is 116 Å². The van der Waals surface area contributed by atoms with Crippen molar-refractivity contribution in [3.63, 3.8) is 0 Å². The maximum atomic E-state index is 10.2. The van der Waals surface area contributed by atoms with Gasteiger partial charge in [0.05, 0.1) is 12.3 Å². The molecule has 0 saturated heterocycles. The fourth-order valence-corrected chi connectivity index (χ4v) is 8.68. The van der Waals surface area contributed by atoms with Crippen LogP contribution in [0.25, 0.3) is 0 Å². The van der Waals surface area contributed by atoms with Crippen LogP contribution in [0.4, 0.5) is 0 Å². The van der Waals surface area contributed by atoms with Crippen LogP contribution >= 0.6 is 0 Å². The minimum absolute atomic E-state index is 0.0953. The Morgan fingerprint density at radius 1 is 1.10 bits per heavy atom. The zero-order valence-electron chi connectivity index (χ0n) is 19.2. The van der Waals surface area contributed by atoms with E-state index in [0.29, 0.717) is 10.8 Å². The molecule has 1 aromatic heterocycles. The first-order valence-electron chi connectivity index (χ1n) is 12.5. The van der Waals surface area contributed by atoms with E-state index >= 15 is 0 Å². The molecule has 1 aromatic rings. The molecule has 8 atom stereocenters. The van der Waals surface area contributed by atoms with E-state index in [1.54, 1.807) is 5.57 Å². The molecule has 0 aromatic carbocycles. The highest BCUT2D eigenvalue weighted by molar-refractivity contribution is 5.25. The maximum absolute atomic E-state index is 10.2. The third-order valence-corrected chi connectivity index (χ3v) is 10.4. The number of fused-ring (bicyclic) bond motifs is 5. The Kier molecular flexibility index (Phi) is 5.32. The van der Waals surface area contributed by atoms with E-state index in [1.807, 2.05) is 12.4 Å². The summed E-state index contributed by atoms with van der Waals surface area (Å²) < 4.78 is 0. The summed E-state index contributed by atoms with van der Waals surface area (Å²) in [6.45, 7) is 7.71. The lowest BCUT2D eigenvalue weighted by Gasteiger charge is -2.58. The van der Waals surface area contributed by atoms with Gasteiger partial charge < -0.3 is 5.11 Å². The van der Waals surface area contributed by atoms with Gasteiger partial charge in [-0.25, -0.2) is 0 Å². The van der Waals surface area contributed by atoms with Crippen molar-refractivity contribution in [2.45, 2.75) is 91.1 Å². The minimum Gasteiger partial charge on any atom is -0.393 e. The average Bonchev–Trinajstić information content (AvgIpc) is 3.10. The SMILES string of the molecule is CC(CCc1ccnnc1)[C@H]1CC[C@H]2[C@@H]3CC=C4C[C@@H](O)CC[C@]4(C)[C@H]3CC[C@]12C. The second-order valence-electron chi connectivity index (χ2n) is 11.7. The lowest BCUT2D eigenvalue weighted by atomic mass is 9.47. The van der Waals surface area contributed by atoms with Crippen molar-refractivity contribution in [2.24, 2.45) is 40.4 Å². The molecular formula is C27H40N2O. The van der Waals surface area contributed by atoms with Crippen LogP contribution in [0.2, 0.25) is 0 Å². The molecule has 1 unspecified atom stereocenters. The third kappa shape index (κ3) is 3.27. The Labute approximate surface area is 182 Å². The zero-order valence-corrected chi connectivity index (χ0v) is 19.2. The normalized spacial score (nSPS) is 43.9. The summed E-state index contributed by atoms with van der Waals surface area (Å²) in [5.41, 5.74) is 3.81. The van der Waals surface area contributed by atoms with Crippen LogP contribution in [0.3, 0.4) is 0 Å². The summed E-state index contributed by atoms with van der Waals surface area (Å²) >= 11 is 0. The number of hydrogen-bond donors (Lipinski definition) is 1. The van der Waals surface area contributed by atoms with Crippen molar-refractivity contribution in [2.75, 3.05) is 0 Å². The van der Waals surface area contributed by atoms with E-state index < -0.39 is 0 Å². The highest BCUT2D eigenvalue weighted by Gasteiger charge is 2.59. The molecule has 0 aliphatic heterocycles. The van der Waals surface area contributed by atoms with Crippen molar-refractivity contribution in [1.29, 1.82) is 0 Å². The van der Waals surface area contributed by atoms with Gasteiger partial charge in [0.15, 0.2) is 0 Å². The number of aryl methyl sites for hydroxylation is 1. The molecule has 5 rings (SSSR count). The molecule has 1 heterocycles. The van der Waals surface area contributed by atoms with Gasteiger partial charge in [0.1, 0.15) is 0 Å². The summed E-state index contributed by atoms with van der Waals surface area (Å²) in [5.74, 6) is 4.26. The van der Waals surface area contributed by atoms with Crippen LogP contribution in [0.1, 0.15) is 84.1 Å². The van der Waals surface area contributed by atoms with Crippen molar-refractivity contribution in [3.05, 3.63) is 35.7 Å². The Balaban J connectivity index is 1.31. The minimum atomic E-state index is -0.0953. The molecular weight excluding hydrogens is 368 g/mol. The van der Waals surface area contributed by atoms with E-state index in [0.717, 1.165) is 48.9 Å². The predicted molar refractivity (Wildman–Crippen MR) is 121 cm³/mol. The van der Waals surface area contributed by atoms with Gasteiger partial charge in [-0.3, -0.25) is 0 Å². The Hall–Kier alpha value is -1.22. The van der Waals surface area contributed by atoms with E-state index in [9.17, 15) is 5.11 Å². The number of aliphatic hydroxyl groups excluding tert-OH is 1. The van der Waals surface area contributed by atoms with E-state index in [4.69, 9.17) is 0 Å². The molecule has 3 nitrogen and oxygen atoms in total. The van der Waals surface area contributed by atoms with Gasteiger partial charge in [-0.2, -0.15) is 10.2 Å². The number of nitrogens with zero attached hydrogens (tertiary/aromatic N) is 2. The fraction of sp³-hybridized carbons (Fsp3) is 0.778. The highest BCUT2D eigenvalue weighted by atomic mass is 16.3. The first-order valence-corrected chi connectivity index (χ1v) is 12.5. The van der Waals surface area contributed by atoms with E-state index in [-0.39, 0.29) is 6.10 Å². The second-order valence-corrected chi connectivity index (χ2v) is 11.7. The standard InChI is InChI=1S/C27H40N2O/c1-18(4-5-19-12-15-28-29-17-19)23-8-9-24-22-7-6-20-16-21(30)10-13-26(20,2)25(22)11-14-27(23,24)3/h6,12,15,17-18,21-25,30H,4-5,7-11,13-14,16H2,1-3H3/t18?,21-,22-,23+,24-,25-,26-,27+/m0/s1. The zero-order chi connectivity index (χ0) is 20.9. The molecule has 4 aliphatic carbocycles. The van der Waals surface area contributed by atoms with Gasteiger partial charge >= 0.3 is 0 Å². The number of aliphatic hydroxyl groups is 1. The predicted octanol–water partition coefficient (Wildman–Crippen LogP) is 5.99. The Morgan fingerprint density at radius 3 is 2.77 bits per heavy atom. The van der Waals surface area contributed by atoms with Crippen LogP contribution in [-0.2, 0) is 6.42 Å². The number of aromatic nitrogens is 2. The lowest BCUT2D eigenvalue weighted by molar-refractivity contribution is -0.0571. The molecule has 0 bridgehead atoms. The smallest absolute Gasteiger partial charge is 0.0577 e. The quantitative estimate of drug-likeness (QED) is 0.623. The van der Waals surface area contributed by atoms with Crippen LogP contribution in [-0.4, -0.2) is 21.4 Å². The molecule has 3 fully saturated rings. The second kappa shape index (κ2) is 7.73. The lowest BCUT2D eigenvalue weighted by Crippen LogP contribution is -2.50. The summed E-state index contributed by atoms with van der Waals surface area (Å²) in [6.07, 6.45) is 18.7. The molecule has 1 N–H and O–H groups in total. The maximum Gasteiger partial charge on any atom is 0.0577 e. The Bertz CT molecular complexity index is 791. The first-order chi connectivity index (χ1) is 14.4. The molecule has 4 aliphatic rings. The number of hydrogen-bond acceptors (Lipinski definition) is 3. The van der Waals surface area contributed by atoms with Crippen LogP contribution in [0, 0.1) is 40.4 Å². The summed E-state index contributed by atoms with van der Waals surface area (Å²) in [5, 5.41) is 18.2. The van der Waals surface area contributed by atoms with Crippen molar-refractivity contribution in [3.8, 4) is 0 Å². The number of rotatable bonds is 4. The molecule has 0 spiro atoms. The average molecular weight is 409 g/mol. The summed E-state index contributed by atoms with van der Waals surface area (Å²) in [4.78, 5) is 0. The first kappa shape index (κ1) is 20.7. The topological polar surface area (TPSA) is 46.0 Å². The Morgan fingerprint density at radius 2 is 1.97 bits per heavy atom. The van der Waals surface area contributed by atoms with Crippen molar-refractivity contribution < 1.29 is 5.11 Å². The van der Waals surface area contributed by atoms with Gasteiger partial charge in [0, 0.05) is 6.20 Å². The fourth-order valence-electron chi connectivity index (χ4n) is 8.68. The van der Waals surface area contributed by atoms with Crippen LogP contribution < -0.4 is 0 Å². The highest BCUT2D eigenvalue weighted by Crippen LogP contribution is 2.67. The molecule has 3 saturated carbocycles. The van der Waals surface area contributed by atoms with Gasteiger partial charge in [0.25, 0.3) is 0 Å². The molecule has 164 valence electrons. The summed E-state index contributed by atoms with van der Waals surface area (Å²) in [6, 6.07) is 2.12. The van der Waals surface area contributed by atoms with Crippen LogP contribution in [0.15, 0.2) is 30.1 Å². The van der Waals surface area contributed by atoms with E-state index in [2.05, 4.69) is 43.1 Å². The number of allylic oxidation sites excluding steroid dienone is 1. The van der Waals surface area contributed by atoms with Gasteiger partial charge in [-0.15, -0.1) is 0 Å². The molecule has 0 radical (unpaired) electrons. The molecule has 3 heteroatoms. The monoisotopic (exact) mass is 408 g/mol. The van der Waals surface area contributed by atoms with Gasteiger partial charge in [0.2, 0.25) is 0 Å². The molecule has 0 amide bonds. The van der Waals surface area contributed by atoms with Crippen molar-refractivity contribution >= 4 is 0 Å². The third-order valence-electron chi connectivity index (χ3n) is 10.4.